The first kappa shape index (κ1) is 20.0. The van der Waals surface area contributed by atoms with Crippen LogP contribution in [0.1, 0.15) is 52.7 Å². The van der Waals surface area contributed by atoms with Gasteiger partial charge in [-0.2, -0.15) is 0 Å². The van der Waals surface area contributed by atoms with Crippen LogP contribution < -0.4 is 9.47 Å². The minimum Gasteiger partial charge on any atom is -0.457 e. The van der Waals surface area contributed by atoms with Crippen molar-refractivity contribution in [2.45, 2.75) is 52.4 Å². The molecule has 2 heteroatoms. The quantitative estimate of drug-likeness (QED) is 0.462. The van der Waals surface area contributed by atoms with Crippen molar-refractivity contribution in [2.75, 3.05) is 0 Å². The Bertz CT molecular complexity index is 834. The number of ether oxygens (including phenoxy) is 2. The second kappa shape index (κ2) is 7.71. The summed E-state index contributed by atoms with van der Waals surface area (Å²) in [6.45, 7) is 13.2. The molecule has 3 aromatic carbocycles. The molecule has 28 heavy (non-hydrogen) atoms. The van der Waals surface area contributed by atoms with Gasteiger partial charge in [0, 0.05) is 6.07 Å². The molecule has 0 spiro atoms. The van der Waals surface area contributed by atoms with Gasteiger partial charge in [0.2, 0.25) is 0 Å². The molecule has 0 saturated heterocycles. The SMILES string of the molecule is CC(C)(C)c1ccc(Oc2cccc(Oc3ccc(C(C)(C)C)cc3)c2)cc1. The van der Waals surface area contributed by atoms with Crippen LogP contribution in [0.25, 0.3) is 0 Å². The van der Waals surface area contributed by atoms with Crippen LogP contribution in [0, 0.1) is 0 Å². The maximum Gasteiger partial charge on any atom is 0.131 e. The highest BCUT2D eigenvalue weighted by Gasteiger charge is 2.14. The molecule has 0 fully saturated rings. The topological polar surface area (TPSA) is 18.5 Å². The fraction of sp³-hybridized carbons (Fsp3) is 0.308. The Morgan fingerprint density at radius 2 is 0.821 bits per heavy atom. The van der Waals surface area contributed by atoms with Crippen LogP contribution in [0.5, 0.6) is 23.0 Å². The molecule has 0 saturated carbocycles. The van der Waals surface area contributed by atoms with Gasteiger partial charge in [-0.05, 0) is 58.4 Å². The lowest BCUT2D eigenvalue weighted by Gasteiger charge is -2.19. The minimum absolute atomic E-state index is 0.134. The van der Waals surface area contributed by atoms with E-state index in [0.717, 1.165) is 23.0 Å². The van der Waals surface area contributed by atoms with E-state index in [9.17, 15) is 0 Å². The van der Waals surface area contributed by atoms with E-state index in [4.69, 9.17) is 9.47 Å². The highest BCUT2D eigenvalue weighted by Crippen LogP contribution is 2.31. The van der Waals surface area contributed by atoms with E-state index in [1.54, 1.807) is 0 Å². The Morgan fingerprint density at radius 3 is 1.14 bits per heavy atom. The third-order valence-electron chi connectivity index (χ3n) is 4.72. The van der Waals surface area contributed by atoms with Gasteiger partial charge in [-0.25, -0.2) is 0 Å². The number of hydrogen-bond acceptors (Lipinski definition) is 2. The fourth-order valence-electron chi connectivity index (χ4n) is 2.92. The third-order valence-corrected chi connectivity index (χ3v) is 4.72. The number of hydrogen-bond donors (Lipinski definition) is 0. The van der Waals surface area contributed by atoms with Crippen LogP contribution in [-0.2, 0) is 10.8 Å². The second-order valence-corrected chi connectivity index (χ2v) is 9.23. The predicted octanol–water partition coefficient (Wildman–Crippen LogP) is 7.87. The van der Waals surface area contributed by atoms with E-state index in [2.05, 4.69) is 65.8 Å². The van der Waals surface area contributed by atoms with Gasteiger partial charge in [0.05, 0.1) is 0 Å². The first-order chi connectivity index (χ1) is 13.1. The summed E-state index contributed by atoms with van der Waals surface area (Å²) in [6, 6.07) is 24.3. The van der Waals surface area contributed by atoms with Crippen molar-refractivity contribution in [1.82, 2.24) is 0 Å². The average molecular weight is 375 g/mol. The normalized spacial score (nSPS) is 11.9. The average Bonchev–Trinajstić information content (AvgIpc) is 2.61. The molecule has 0 aromatic heterocycles. The number of benzene rings is 3. The zero-order valence-corrected chi connectivity index (χ0v) is 17.7. The van der Waals surface area contributed by atoms with Gasteiger partial charge >= 0.3 is 0 Å². The van der Waals surface area contributed by atoms with Gasteiger partial charge in [-0.3, -0.25) is 0 Å². The van der Waals surface area contributed by atoms with Gasteiger partial charge in [0.25, 0.3) is 0 Å². The molecule has 0 bridgehead atoms. The first-order valence-electron chi connectivity index (χ1n) is 9.78. The summed E-state index contributed by atoms with van der Waals surface area (Å²) < 4.78 is 12.0. The molecule has 0 atom stereocenters. The summed E-state index contributed by atoms with van der Waals surface area (Å²) in [5.74, 6) is 3.15. The maximum atomic E-state index is 6.01. The Labute approximate surface area is 169 Å². The Kier molecular flexibility index (Phi) is 5.51. The van der Waals surface area contributed by atoms with Crippen molar-refractivity contribution in [3.05, 3.63) is 83.9 Å². The zero-order chi connectivity index (χ0) is 20.4. The summed E-state index contributed by atoms with van der Waals surface area (Å²) in [5, 5.41) is 0. The Morgan fingerprint density at radius 1 is 0.464 bits per heavy atom. The first-order valence-corrected chi connectivity index (χ1v) is 9.78. The summed E-state index contributed by atoms with van der Waals surface area (Å²) in [6.07, 6.45) is 0. The smallest absolute Gasteiger partial charge is 0.131 e. The molecular formula is C26H30O2. The molecule has 0 aliphatic carbocycles. The standard InChI is InChI=1S/C26H30O2/c1-25(2,3)19-10-14-21(15-11-19)27-23-8-7-9-24(18-23)28-22-16-12-20(13-17-22)26(4,5)6/h7-18H,1-6H3. The maximum absolute atomic E-state index is 6.01. The molecule has 0 unspecified atom stereocenters. The van der Waals surface area contributed by atoms with Crippen LogP contribution in [0.15, 0.2) is 72.8 Å². The molecule has 0 aliphatic heterocycles. The van der Waals surface area contributed by atoms with Crippen LogP contribution in [0.3, 0.4) is 0 Å². The molecule has 0 N–H and O–H groups in total. The molecular weight excluding hydrogens is 344 g/mol. The molecule has 146 valence electrons. The van der Waals surface area contributed by atoms with Crippen LogP contribution in [-0.4, -0.2) is 0 Å². The zero-order valence-electron chi connectivity index (χ0n) is 17.7. The molecule has 0 aliphatic rings. The summed E-state index contributed by atoms with van der Waals surface area (Å²) in [7, 11) is 0. The molecule has 0 radical (unpaired) electrons. The molecule has 3 aromatic rings. The van der Waals surface area contributed by atoms with Crippen LogP contribution >= 0.6 is 0 Å². The fourth-order valence-corrected chi connectivity index (χ4v) is 2.92. The molecule has 2 nitrogen and oxygen atoms in total. The summed E-state index contributed by atoms with van der Waals surface area (Å²) in [5.41, 5.74) is 2.84. The van der Waals surface area contributed by atoms with Gasteiger partial charge in [0.1, 0.15) is 23.0 Å². The molecule has 3 rings (SSSR count). The van der Waals surface area contributed by atoms with E-state index in [1.165, 1.54) is 11.1 Å². The van der Waals surface area contributed by atoms with Crippen molar-refractivity contribution < 1.29 is 9.47 Å². The second-order valence-electron chi connectivity index (χ2n) is 9.23. The lowest BCUT2D eigenvalue weighted by Crippen LogP contribution is -2.10. The van der Waals surface area contributed by atoms with Crippen LogP contribution in [0.4, 0.5) is 0 Å². The largest absolute Gasteiger partial charge is 0.457 e. The third kappa shape index (κ3) is 5.16. The Hall–Kier alpha value is -2.74. The monoisotopic (exact) mass is 374 g/mol. The summed E-state index contributed by atoms with van der Waals surface area (Å²) in [4.78, 5) is 0. The minimum atomic E-state index is 0.134. The van der Waals surface area contributed by atoms with Gasteiger partial charge < -0.3 is 9.47 Å². The lowest BCUT2D eigenvalue weighted by atomic mass is 9.87. The van der Waals surface area contributed by atoms with Gasteiger partial charge in [-0.1, -0.05) is 71.9 Å². The highest BCUT2D eigenvalue weighted by atomic mass is 16.5. The van der Waals surface area contributed by atoms with Crippen molar-refractivity contribution in [3.8, 4) is 23.0 Å². The predicted molar refractivity (Wildman–Crippen MR) is 117 cm³/mol. The molecule has 0 amide bonds. The van der Waals surface area contributed by atoms with Crippen molar-refractivity contribution in [1.29, 1.82) is 0 Å². The summed E-state index contributed by atoms with van der Waals surface area (Å²) >= 11 is 0. The van der Waals surface area contributed by atoms with Gasteiger partial charge in [0.15, 0.2) is 0 Å². The molecule has 0 heterocycles. The Balaban J connectivity index is 1.70. The van der Waals surface area contributed by atoms with Gasteiger partial charge in [-0.15, -0.1) is 0 Å². The van der Waals surface area contributed by atoms with Crippen molar-refractivity contribution in [3.63, 3.8) is 0 Å². The van der Waals surface area contributed by atoms with Crippen LogP contribution in [0.2, 0.25) is 0 Å². The highest BCUT2D eigenvalue weighted by molar-refractivity contribution is 5.41. The van der Waals surface area contributed by atoms with E-state index >= 15 is 0 Å². The lowest BCUT2D eigenvalue weighted by molar-refractivity contribution is 0.459. The van der Waals surface area contributed by atoms with E-state index in [0.29, 0.717) is 0 Å². The van der Waals surface area contributed by atoms with Crippen molar-refractivity contribution >= 4 is 0 Å². The van der Waals surface area contributed by atoms with E-state index < -0.39 is 0 Å². The number of rotatable bonds is 4. The van der Waals surface area contributed by atoms with Crippen molar-refractivity contribution in [2.24, 2.45) is 0 Å². The van der Waals surface area contributed by atoms with E-state index in [1.807, 2.05) is 48.5 Å². The van der Waals surface area contributed by atoms with E-state index in [-0.39, 0.29) is 10.8 Å².